The average molecular weight is 164 g/mol. The van der Waals surface area contributed by atoms with E-state index in [4.69, 9.17) is 0 Å². The van der Waals surface area contributed by atoms with Gasteiger partial charge in [0.25, 0.3) is 0 Å². The molecular formula is C8H12N4. The van der Waals surface area contributed by atoms with Crippen molar-refractivity contribution in [2.75, 3.05) is 25.7 Å². The number of fused-ring (bicyclic) bond motifs is 1. The molecule has 0 unspecified atom stereocenters. The van der Waals surface area contributed by atoms with Crippen LogP contribution in [0.1, 0.15) is 5.69 Å². The van der Waals surface area contributed by atoms with E-state index in [1.54, 1.807) is 12.4 Å². The molecule has 1 aliphatic heterocycles. The third-order valence-corrected chi connectivity index (χ3v) is 1.99. The molecule has 0 aliphatic carbocycles. The first kappa shape index (κ1) is 7.49. The Labute approximate surface area is 71.8 Å². The first-order valence-corrected chi connectivity index (χ1v) is 3.97. The topological polar surface area (TPSA) is 32.3 Å². The lowest BCUT2D eigenvalue weighted by Gasteiger charge is -2.31. The number of anilines is 1. The molecule has 4 heteroatoms. The standard InChI is InChI=1S/C8H12N4/c1-11-5-7-8(12(2)6-11)10-4-3-9-7/h3-4H,5-6H2,1-2H3. The van der Waals surface area contributed by atoms with Crippen molar-refractivity contribution in [3.05, 3.63) is 18.1 Å². The van der Waals surface area contributed by atoms with Crippen molar-refractivity contribution >= 4 is 5.82 Å². The molecular weight excluding hydrogens is 152 g/mol. The van der Waals surface area contributed by atoms with Crippen LogP contribution in [0.5, 0.6) is 0 Å². The lowest BCUT2D eigenvalue weighted by molar-refractivity contribution is 0.309. The minimum atomic E-state index is 0.896. The molecule has 2 rings (SSSR count). The zero-order valence-electron chi connectivity index (χ0n) is 7.36. The van der Waals surface area contributed by atoms with Crippen LogP contribution < -0.4 is 4.90 Å². The molecule has 0 fully saturated rings. The summed E-state index contributed by atoms with van der Waals surface area (Å²) in [5.74, 6) is 1.01. The quantitative estimate of drug-likeness (QED) is 0.552. The number of hydrogen-bond donors (Lipinski definition) is 0. The van der Waals surface area contributed by atoms with Gasteiger partial charge < -0.3 is 4.90 Å². The highest BCUT2D eigenvalue weighted by Crippen LogP contribution is 2.19. The smallest absolute Gasteiger partial charge is 0.152 e. The fraction of sp³-hybridized carbons (Fsp3) is 0.500. The van der Waals surface area contributed by atoms with Crippen LogP contribution >= 0.6 is 0 Å². The fourth-order valence-corrected chi connectivity index (χ4v) is 1.52. The highest BCUT2D eigenvalue weighted by molar-refractivity contribution is 5.43. The SMILES string of the molecule is CN1Cc2nccnc2N(C)C1. The third kappa shape index (κ3) is 1.14. The van der Waals surface area contributed by atoms with Gasteiger partial charge in [0, 0.05) is 26.0 Å². The largest absolute Gasteiger partial charge is 0.345 e. The van der Waals surface area contributed by atoms with Gasteiger partial charge in [0.2, 0.25) is 0 Å². The summed E-state index contributed by atoms with van der Waals surface area (Å²) in [5.41, 5.74) is 1.06. The van der Waals surface area contributed by atoms with Crippen molar-refractivity contribution in [2.24, 2.45) is 0 Å². The van der Waals surface area contributed by atoms with Gasteiger partial charge in [0.1, 0.15) is 0 Å². The van der Waals surface area contributed by atoms with Crippen LogP contribution in [-0.2, 0) is 6.54 Å². The lowest BCUT2D eigenvalue weighted by atomic mass is 10.3. The third-order valence-electron chi connectivity index (χ3n) is 1.99. The van der Waals surface area contributed by atoms with Gasteiger partial charge in [-0.1, -0.05) is 0 Å². The summed E-state index contributed by atoms with van der Waals surface area (Å²) in [6, 6.07) is 0. The van der Waals surface area contributed by atoms with Crippen LogP contribution in [0.4, 0.5) is 5.82 Å². The van der Waals surface area contributed by atoms with Crippen molar-refractivity contribution in [3.8, 4) is 0 Å². The minimum Gasteiger partial charge on any atom is -0.345 e. The maximum absolute atomic E-state index is 4.27. The molecule has 1 aromatic rings. The summed E-state index contributed by atoms with van der Waals surface area (Å²) in [5, 5.41) is 0. The second kappa shape index (κ2) is 2.71. The van der Waals surface area contributed by atoms with E-state index in [0.29, 0.717) is 0 Å². The van der Waals surface area contributed by atoms with Crippen molar-refractivity contribution in [1.29, 1.82) is 0 Å². The Hall–Kier alpha value is -1.16. The monoisotopic (exact) mass is 164 g/mol. The van der Waals surface area contributed by atoms with Crippen molar-refractivity contribution < 1.29 is 0 Å². The van der Waals surface area contributed by atoms with E-state index >= 15 is 0 Å². The number of hydrogen-bond acceptors (Lipinski definition) is 4. The fourth-order valence-electron chi connectivity index (χ4n) is 1.52. The zero-order chi connectivity index (χ0) is 8.55. The molecule has 0 radical (unpaired) electrons. The first-order valence-electron chi connectivity index (χ1n) is 3.97. The zero-order valence-corrected chi connectivity index (χ0v) is 7.36. The Bertz CT molecular complexity index is 286. The maximum atomic E-state index is 4.27. The molecule has 0 spiro atoms. The Kier molecular flexibility index (Phi) is 1.69. The van der Waals surface area contributed by atoms with Gasteiger partial charge in [-0.25, -0.2) is 4.98 Å². The van der Waals surface area contributed by atoms with Gasteiger partial charge in [0.05, 0.1) is 12.4 Å². The van der Waals surface area contributed by atoms with Gasteiger partial charge in [-0.2, -0.15) is 0 Å². The predicted molar refractivity (Wildman–Crippen MR) is 46.8 cm³/mol. The van der Waals surface area contributed by atoms with E-state index in [1.807, 2.05) is 7.05 Å². The summed E-state index contributed by atoms with van der Waals surface area (Å²) >= 11 is 0. The Balaban J connectivity index is 2.40. The molecule has 1 aromatic heterocycles. The number of rotatable bonds is 0. The molecule has 64 valence electrons. The van der Waals surface area contributed by atoms with Gasteiger partial charge in [-0.15, -0.1) is 0 Å². The molecule has 0 bridgehead atoms. The van der Waals surface area contributed by atoms with E-state index < -0.39 is 0 Å². The van der Waals surface area contributed by atoms with Crippen LogP contribution in [-0.4, -0.2) is 35.6 Å². The van der Waals surface area contributed by atoms with Crippen LogP contribution in [0.3, 0.4) is 0 Å². The van der Waals surface area contributed by atoms with Crippen LogP contribution in [0.2, 0.25) is 0 Å². The van der Waals surface area contributed by atoms with Crippen molar-refractivity contribution in [1.82, 2.24) is 14.9 Å². The summed E-state index contributed by atoms with van der Waals surface area (Å²) in [7, 11) is 4.11. The maximum Gasteiger partial charge on any atom is 0.152 e. The molecule has 0 atom stereocenters. The van der Waals surface area contributed by atoms with E-state index in [9.17, 15) is 0 Å². The molecule has 0 aromatic carbocycles. The van der Waals surface area contributed by atoms with Gasteiger partial charge in [0.15, 0.2) is 5.82 Å². The average Bonchev–Trinajstić information content (AvgIpc) is 2.04. The summed E-state index contributed by atoms with van der Waals surface area (Å²) < 4.78 is 0. The van der Waals surface area contributed by atoms with Gasteiger partial charge in [-0.05, 0) is 7.05 Å². The number of nitrogens with zero attached hydrogens (tertiary/aromatic N) is 4. The molecule has 2 heterocycles. The van der Waals surface area contributed by atoms with Crippen molar-refractivity contribution in [2.45, 2.75) is 6.54 Å². The lowest BCUT2D eigenvalue weighted by Crippen LogP contribution is -2.38. The second-order valence-corrected chi connectivity index (χ2v) is 3.18. The molecule has 1 aliphatic rings. The molecule has 0 saturated carbocycles. The van der Waals surface area contributed by atoms with Gasteiger partial charge in [-0.3, -0.25) is 9.88 Å². The summed E-state index contributed by atoms with van der Waals surface area (Å²) in [6.45, 7) is 1.82. The van der Waals surface area contributed by atoms with E-state index in [1.165, 1.54) is 0 Å². The Morgan fingerprint density at radius 3 is 2.83 bits per heavy atom. The van der Waals surface area contributed by atoms with Crippen LogP contribution in [0.15, 0.2) is 12.4 Å². The molecule has 4 nitrogen and oxygen atoms in total. The highest BCUT2D eigenvalue weighted by Gasteiger charge is 2.18. The minimum absolute atomic E-state index is 0.896. The summed E-state index contributed by atoms with van der Waals surface area (Å²) in [6.07, 6.45) is 3.48. The molecule has 12 heavy (non-hydrogen) atoms. The normalized spacial score (nSPS) is 17.7. The van der Waals surface area contributed by atoms with E-state index in [-0.39, 0.29) is 0 Å². The van der Waals surface area contributed by atoms with E-state index in [0.717, 1.165) is 24.7 Å². The second-order valence-electron chi connectivity index (χ2n) is 3.18. The van der Waals surface area contributed by atoms with E-state index in [2.05, 4.69) is 26.8 Å². The van der Waals surface area contributed by atoms with Crippen molar-refractivity contribution in [3.63, 3.8) is 0 Å². The van der Waals surface area contributed by atoms with Crippen LogP contribution in [0.25, 0.3) is 0 Å². The number of aromatic nitrogens is 2. The van der Waals surface area contributed by atoms with Gasteiger partial charge >= 0.3 is 0 Å². The molecule has 0 N–H and O–H groups in total. The molecule has 0 amide bonds. The Morgan fingerprint density at radius 1 is 1.25 bits per heavy atom. The first-order chi connectivity index (χ1) is 5.77. The van der Waals surface area contributed by atoms with Crippen LogP contribution in [0, 0.1) is 0 Å². The Morgan fingerprint density at radius 2 is 2.00 bits per heavy atom. The summed E-state index contributed by atoms with van der Waals surface area (Å²) in [4.78, 5) is 12.9. The molecule has 0 saturated heterocycles. The highest BCUT2D eigenvalue weighted by atomic mass is 15.3. The predicted octanol–water partition coefficient (Wildman–Crippen LogP) is 0.316.